The first kappa shape index (κ1) is 30.3. The third kappa shape index (κ3) is 10.8. The van der Waals surface area contributed by atoms with Crippen LogP contribution in [0.2, 0.25) is 0 Å². The highest BCUT2D eigenvalue weighted by Gasteiger charge is 2.13. The molecule has 0 unspecified atom stereocenters. The van der Waals surface area contributed by atoms with E-state index in [2.05, 4.69) is 12.2 Å². The zero-order chi connectivity index (χ0) is 27.7. The third-order valence-electron chi connectivity index (χ3n) is 7.06. The molecule has 1 amide bonds. The molecule has 0 aliphatic rings. The lowest BCUT2D eigenvalue weighted by Crippen LogP contribution is -2.29. The summed E-state index contributed by atoms with van der Waals surface area (Å²) in [6.45, 7) is 2.71. The summed E-state index contributed by atoms with van der Waals surface area (Å²) in [5.41, 5.74) is 0.620. The van der Waals surface area contributed by atoms with Crippen LogP contribution in [0, 0.1) is 0 Å². The van der Waals surface area contributed by atoms with Crippen molar-refractivity contribution in [1.82, 2.24) is 5.32 Å². The second-order valence-electron chi connectivity index (χ2n) is 10.4. The van der Waals surface area contributed by atoms with Gasteiger partial charge in [-0.1, -0.05) is 121 Å². The highest BCUT2D eigenvalue weighted by atomic mass is 16.5. The van der Waals surface area contributed by atoms with Crippen molar-refractivity contribution < 1.29 is 19.1 Å². The average molecular weight is 536 g/mol. The molecule has 0 spiro atoms. The van der Waals surface area contributed by atoms with Gasteiger partial charge in [-0.25, -0.2) is 0 Å². The van der Waals surface area contributed by atoms with Gasteiger partial charge in [-0.05, 0) is 6.42 Å². The Labute approximate surface area is 232 Å². The summed E-state index contributed by atoms with van der Waals surface area (Å²) in [5.74, 6) is 0.206. The van der Waals surface area contributed by atoms with E-state index in [-0.39, 0.29) is 40.4 Å². The van der Waals surface area contributed by atoms with Gasteiger partial charge in [0.2, 0.25) is 0 Å². The molecule has 1 heterocycles. The van der Waals surface area contributed by atoms with Crippen molar-refractivity contribution in [3.63, 3.8) is 0 Å². The average Bonchev–Trinajstić information content (AvgIpc) is 2.94. The topological polar surface area (TPSA) is 88.8 Å². The zero-order valence-corrected chi connectivity index (χ0v) is 23.5. The molecule has 212 valence electrons. The van der Waals surface area contributed by atoms with E-state index in [4.69, 9.17) is 9.15 Å². The molecule has 0 fully saturated rings. The standard InChI is InChI=1S/C33H45NO5/c1-2-3-4-5-6-7-8-9-10-11-12-13-14-18-21-34-32(37)25-38-27-22-28(35)33-29(36)24-30(39-31(33)23-27)26-19-16-15-17-20-26/h15-17,19-20,22-24,35H,2-14,18,21,25H2,1H3,(H,34,37). The number of amides is 1. The highest BCUT2D eigenvalue weighted by molar-refractivity contribution is 5.86. The summed E-state index contributed by atoms with van der Waals surface area (Å²) in [6, 6.07) is 13.5. The summed E-state index contributed by atoms with van der Waals surface area (Å²) < 4.78 is 11.5. The number of benzene rings is 2. The number of carbonyl (C=O) groups is 1. The molecule has 6 heteroatoms. The molecule has 0 saturated carbocycles. The van der Waals surface area contributed by atoms with Gasteiger partial charge in [0, 0.05) is 30.3 Å². The van der Waals surface area contributed by atoms with Gasteiger partial charge >= 0.3 is 0 Å². The van der Waals surface area contributed by atoms with Crippen LogP contribution in [0.1, 0.15) is 96.8 Å². The SMILES string of the molecule is CCCCCCCCCCCCCCCCNC(=O)COc1cc(O)c2c(=O)cc(-c3ccccc3)oc2c1. The van der Waals surface area contributed by atoms with E-state index in [9.17, 15) is 14.7 Å². The molecule has 2 aromatic carbocycles. The van der Waals surface area contributed by atoms with E-state index >= 15 is 0 Å². The molecule has 0 aliphatic heterocycles. The number of aromatic hydroxyl groups is 1. The van der Waals surface area contributed by atoms with Gasteiger partial charge in [0.05, 0.1) is 0 Å². The number of phenolic OH excluding ortho intramolecular Hbond substituents is 1. The van der Waals surface area contributed by atoms with Crippen molar-refractivity contribution in [3.05, 3.63) is 58.8 Å². The first-order valence-corrected chi connectivity index (χ1v) is 14.8. The zero-order valence-electron chi connectivity index (χ0n) is 23.5. The van der Waals surface area contributed by atoms with Crippen molar-refractivity contribution >= 4 is 16.9 Å². The van der Waals surface area contributed by atoms with Crippen LogP contribution < -0.4 is 15.5 Å². The number of fused-ring (bicyclic) bond motifs is 1. The molecule has 6 nitrogen and oxygen atoms in total. The minimum atomic E-state index is -0.343. The maximum absolute atomic E-state index is 12.6. The van der Waals surface area contributed by atoms with Crippen molar-refractivity contribution in [2.24, 2.45) is 0 Å². The third-order valence-corrected chi connectivity index (χ3v) is 7.06. The Kier molecular flexibility index (Phi) is 13.5. The summed E-state index contributed by atoms with van der Waals surface area (Å²) in [7, 11) is 0. The van der Waals surface area contributed by atoms with Gasteiger partial charge in [-0.2, -0.15) is 0 Å². The Morgan fingerprint density at radius 3 is 2.03 bits per heavy atom. The van der Waals surface area contributed by atoms with E-state index in [1.54, 1.807) is 0 Å². The maximum atomic E-state index is 12.6. The van der Waals surface area contributed by atoms with Gasteiger partial charge in [0.15, 0.2) is 12.0 Å². The summed E-state index contributed by atoms with van der Waals surface area (Å²) in [6.07, 6.45) is 18.2. The number of nitrogens with one attached hydrogen (secondary N) is 1. The fourth-order valence-corrected chi connectivity index (χ4v) is 4.82. The minimum Gasteiger partial charge on any atom is -0.507 e. The Bertz CT molecular complexity index is 1190. The Hall–Kier alpha value is -3.28. The monoisotopic (exact) mass is 535 g/mol. The van der Waals surface area contributed by atoms with E-state index in [1.807, 2.05) is 30.3 Å². The second-order valence-corrected chi connectivity index (χ2v) is 10.4. The number of hydrogen-bond acceptors (Lipinski definition) is 5. The van der Waals surface area contributed by atoms with Gasteiger partial charge < -0.3 is 19.6 Å². The molecule has 3 aromatic rings. The van der Waals surface area contributed by atoms with Crippen LogP contribution in [-0.4, -0.2) is 24.2 Å². The van der Waals surface area contributed by atoms with E-state index in [0.717, 1.165) is 18.4 Å². The van der Waals surface area contributed by atoms with Crippen LogP contribution in [0.3, 0.4) is 0 Å². The number of carbonyl (C=O) groups excluding carboxylic acids is 1. The van der Waals surface area contributed by atoms with E-state index in [0.29, 0.717) is 12.3 Å². The van der Waals surface area contributed by atoms with E-state index < -0.39 is 0 Å². The molecule has 0 aliphatic carbocycles. The molecule has 39 heavy (non-hydrogen) atoms. The predicted molar refractivity (Wildman–Crippen MR) is 158 cm³/mol. The first-order chi connectivity index (χ1) is 19.1. The van der Waals surface area contributed by atoms with Gasteiger partial charge in [-0.3, -0.25) is 9.59 Å². The lowest BCUT2D eigenvalue weighted by atomic mass is 10.0. The summed E-state index contributed by atoms with van der Waals surface area (Å²) in [5, 5.41) is 13.3. The van der Waals surface area contributed by atoms with Crippen molar-refractivity contribution in [3.8, 4) is 22.8 Å². The molecule has 3 rings (SSSR count). The van der Waals surface area contributed by atoms with Crippen LogP contribution in [0.15, 0.2) is 57.7 Å². The largest absolute Gasteiger partial charge is 0.507 e. The summed E-state index contributed by atoms with van der Waals surface area (Å²) in [4.78, 5) is 24.8. The maximum Gasteiger partial charge on any atom is 0.257 e. The predicted octanol–water partition coefficient (Wildman–Crippen LogP) is 8.14. The normalized spacial score (nSPS) is 11.1. The minimum absolute atomic E-state index is 0.0873. The van der Waals surface area contributed by atoms with Crippen LogP contribution in [0.25, 0.3) is 22.3 Å². The van der Waals surface area contributed by atoms with Crippen LogP contribution in [0.4, 0.5) is 0 Å². The summed E-state index contributed by atoms with van der Waals surface area (Å²) >= 11 is 0. The van der Waals surface area contributed by atoms with Crippen molar-refractivity contribution in [2.45, 2.75) is 96.8 Å². The lowest BCUT2D eigenvalue weighted by molar-refractivity contribution is -0.123. The molecular formula is C33H45NO5. The molecule has 0 radical (unpaired) electrons. The molecule has 0 atom stereocenters. The van der Waals surface area contributed by atoms with Crippen LogP contribution in [-0.2, 0) is 4.79 Å². The van der Waals surface area contributed by atoms with Crippen molar-refractivity contribution in [2.75, 3.05) is 13.2 Å². The van der Waals surface area contributed by atoms with Crippen LogP contribution in [0.5, 0.6) is 11.5 Å². The van der Waals surface area contributed by atoms with Gasteiger partial charge in [-0.15, -0.1) is 0 Å². The fourth-order valence-electron chi connectivity index (χ4n) is 4.82. The Morgan fingerprint density at radius 2 is 1.41 bits per heavy atom. The van der Waals surface area contributed by atoms with Crippen LogP contribution >= 0.6 is 0 Å². The number of unbranched alkanes of at least 4 members (excludes halogenated alkanes) is 13. The second kappa shape index (κ2) is 17.3. The molecular weight excluding hydrogens is 490 g/mol. The molecule has 1 aromatic heterocycles. The molecule has 0 bridgehead atoms. The van der Waals surface area contributed by atoms with Crippen molar-refractivity contribution in [1.29, 1.82) is 0 Å². The quantitative estimate of drug-likeness (QED) is 0.151. The molecule has 2 N–H and O–H groups in total. The Balaban J connectivity index is 1.29. The lowest BCUT2D eigenvalue weighted by Gasteiger charge is -2.10. The number of rotatable bonds is 19. The number of ether oxygens (including phenoxy) is 1. The Morgan fingerprint density at radius 1 is 0.821 bits per heavy atom. The number of hydrogen-bond donors (Lipinski definition) is 2. The van der Waals surface area contributed by atoms with Gasteiger partial charge in [0.1, 0.15) is 28.2 Å². The first-order valence-electron chi connectivity index (χ1n) is 14.8. The van der Waals surface area contributed by atoms with E-state index in [1.165, 1.54) is 95.2 Å². The smallest absolute Gasteiger partial charge is 0.257 e. The van der Waals surface area contributed by atoms with Gasteiger partial charge in [0.25, 0.3) is 5.91 Å². The highest BCUT2D eigenvalue weighted by Crippen LogP contribution is 2.31. The molecule has 0 saturated heterocycles. The number of phenols is 1. The fraction of sp³-hybridized carbons (Fsp3) is 0.515.